The van der Waals surface area contributed by atoms with Crippen LogP contribution in [0.15, 0.2) is 52.5 Å². The Morgan fingerprint density at radius 1 is 1.13 bits per heavy atom. The average molecular weight is 440 g/mol. The summed E-state index contributed by atoms with van der Waals surface area (Å²) in [7, 11) is -1.91. The van der Waals surface area contributed by atoms with E-state index in [0.29, 0.717) is 23.0 Å². The van der Waals surface area contributed by atoms with Crippen molar-refractivity contribution in [2.75, 3.05) is 7.05 Å². The lowest BCUT2D eigenvalue weighted by Gasteiger charge is -2.30. The first kappa shape index (κ1) is 20.2. The number of imidazole rings is 1. The standard InChI is InChI=1S/C22H25N5O3S/c1-23-14-7-9-15(10-8-14)27-18(13-28)25-19-20(27)17-11-12-24-21(17)26-22(19)31(29,30)16-5-3-2-4-6-16/h2-6,11-12,14-15,23,28H,7-10,13H2,1H3,(H,24,26). The lowest BCUT2D eigenvalue weighted by molar-refractivity contribution is 0.246. The van der Waals surface area contributed by atoms with E-state index in [1.54, 1.807) is 36.5 Å². The molecule has 8 nitrogen and oxygen atoms in total. The molecule has 0 aliphatic heterocycles. The number of hydrogen-bond donors (Lipinski definition) is 3. The van der Waals surface area contributed by atoms with Crippen LogP contribution in [-0.4, -0.2) is 46.1 Å². The minimum atomic E-state index is -3.89. The van der Waals surface area contributed by atoms with Crippen molar-refractivity contribution in [3.8, 4) is 0 Å². The largest absolute Gasteiger partial charge is 0.388 e. The van der Waals surface area contributed by atoms with Gasteiger partial charge in [0.25, 0.3) is 0 Å². The number of aliphatic hydroxyl groups is 1. The number of benzene rings is 1. The van der Waals surface area contributed by atoms with Gasteiger partial charge in [-0.05, 0) is 50.9 Å². The van der Waals surface area contributed by atoms with E-state index < -0.39 is 9.84 Å². The number of aromatic amines is 1. The normalized spacial score (nSPS) is 19.9. The molecule has 0 bridgehead atoms. The van der Waals surface area contributed by atoms with Gasteiger partial charge in [0, 0.05) is 23.7 Å². The van der Waals surface area contributed by atoms with Gasteiger partial charge in [-0.2, -0.15) is 0 Å². The van der Waals surface area contributed by atoms with Gasteiger partial charge in [-0.15, -0.1) is 0 Å². The van der Waals surface area contributed by atoms with Gasteiger partial charge in [-0.3, -0.25) is 0 Å². The van der Waals surface area contributed by atoms with Crippen LogP contribution < -0.4 is 5.32 Å². The highest BCUT2D eigenvalue weighted by molar-refractivity contribution is 7.91. The molecule has 3 heterocycles. The monoisotopic (exact) mass is 439 g/mol. The fourth-order valence-electron chi connectivity index (χ4n) is 4.71. The van der Waals surface area contributed by atoms with Crippen molar-refractivity contribution in [3.63, 3.8) is 0 Å². The molecule has 9 heteroatoms. The summed E-state index contributed by atoms with van der Waals surface area (Å²) in [4.78, 5) is 12.3. The van der Waals surface area contributed by atoms with E-state index in [1.807, 2.05) is 17.7 Å². The molecule has 3 N–H and O–H groups in total. The van der Waals surface area contributed by atoms with Crippen molar-refractivity contribution in [3.05, 3.63) is 48.4 Å². The summed E-state index contributed by atoms with van der Waals surface area (Å²) in [5.74, 6) is 0.475. The maximum Gasteiger partial charge on any atom is 0.226 e. The van der Waals surface area contributed by atoms with Gasteiger partial charge >= 0.3 is 0 Å². The molecule has 162 valence electrons. The Morgan fingerprint density at radius 2 is 1.87 bits per heavy atom. The number of aliphatic hydroxyl groups excluding tert-OH is 1. The fourth-order valence-corrected chi connectivity index (χ4v) is 6.06. The molecule has 1 aliphatic carbocycles. The predicted octanol–water partition coefficient (Wildman–Crippen LogP) is 2.94. The first-order chi connectivity index (χ1) is 15.0. The third-order valence-corrected chi connectivity index (χ3v) is 7.99. The second-order valence-electron chi connectivity index (χ2n) is 8.02. The van der Waals surface area contributed by atoms with Gasteiger partial charge in [0.1, 0.15) is 23.6 Å². The van der Waals surface area contributed by atoms with Gasteiger partial charge in [-0.1, -0.05) is 18.2 Å². The Balaban J connectivity index is 1.77. The molecule has 0 amide bonds. The van der Waals surface area contributed by atoms with Crippen LogP contribution in [-0.2, 0) is 16.4 Å². The van der Waals surface area contributed by atoms with E-state index >= 15 is 0 Å². The van der Waals surface area contributed by atoms with E-state index in [2.05, 4.69) is 20.3 Å². The number of aromatic nitrogens is 4. The molecule has 0 radical (unpaired) electrons. The summed E-state index contributed by atoms with van der Waals surface area (Å²) in [6, 6.07) is 10.8. The van der Waals surface area contributed by atoms with Crippen LogP contribution in [0.3, 0.4) is 0 Å². The van der Waals surface area contributed by atoms with Gasteiger partial charge in [0.05, 0.1) is 10.4 Å². The highest BCUT2D eigenvalue weighted by Crippen LogP contribution is 2.37. The van der Waals surface area contributed by atoms with Gasteiger partial charge in [-0.25, -0.2) is 18.4 Å². The second-order valence-corrected chi connectivity index (χ2v) is 9.89. The van der Waals surface area contributed by atoms with Crippen LogP contribution in [0.5, 0.6) is 0 Å². The topological polar surface area (TPSA) is 113 Å². The van der Waals surface area contributed by atoms with Gasteiger partial charge < -0.3 is 20.0 Å². The molecule has 0 atom stereocenters. The minimum absolute atomic E-state index is 0.0824. The molecule has 0 unspecified atom stereocenters. The molecule has 4 aromatic rings. The Morgan fingerprint density at radius 3 is 2.55 bits per heavy atom. The van der Waals surface area contributed by atoms with Crippen molar-refractivity contribution in [1.29, 1.82) is 0 Å². The minimum Gasteiger partial charge on any atom is -0.388 e. The number of fused-ring (bicyclic) bond motifs is 3. The first-order valence-corrected chi connectivity index (χ1v) is 12.0. The smallest absolute Gasteiger partial charge is 0.226 e. The number of hydrogen-bond acceptors (Lipinski definition) is 6. The number of rotatable bonds is 5. The number of pyridine rings is 1. The fraction of sp³-hybridized carbons (Fsp3) is 0.364. The molecule has 1 aliphatic rings. The Labute approximate surface area is 180 Å². The lowest BCUT2D eigenvalue weighted by atomic mass is 9.91. The van der Waals surface area contributed by atoms with Crippen LogP contribution >= 0.6 is 0 Å². The summed E-state index contributed by atoms with van der Waals surface area (Å²) < 4.78 is 29.0. The third-order valence-electron chi connectivity index (χ3n) is 6.30. The van der Waals surface area contributed by atoms with Crippen LogP contribution in [0.4, 0.5) is 0 Å². The van der Waals surface area contributed by atoms with Crippen LogP contribution in [0.1, 0.15) is 37.5 Å². The number of H-pyrrole nitrogens is 1. The van der Waals surface area contributed by atoms with E-state index in [-0.39, 0.29) is 22.6 Å². The molecule has 5 rings (SSSR count). The molecule has 0 saturated heterocycles. The number of sulfone groups is 1. The SMILES string of the molecule is CNC1CCC(n2c(CO)nc3c(S(=O)(=O)c4ccccc4)nc4[nH]ccc4c32)CC1. The summed E-state index contributed by atoms with van der Waals surface area (Å²) >= 11 is 0. The quantitative estimate of drug-likeness (QED) is 0.441. The zero-order valence-corrected chi connectivity index (χ0v) is 18.1. The van der Waals surface area contributed by atoms with Crippen molar-refractivity contribution in [2.45, 2.75) is 54.3 Å². The average Bonchev–Trinajstić information content (AvgIpc) is 3.43. The molecule has 1 aromatic carbocycles. The van der Waals surface area contributed by atoms with E-state index in [9.17, 15) is 13.5 Å². The zero-order valence-electron chi connectivity index (χ0n) is 17.2. The predicted molar refractivity (Wildman–Crippen MR) is 118 cm³/mol. The molecule has 0 spiro atoms. The Bertz CT molecular complexity index is 1340. The second kappa shape index (κ2) is 7.74. The Hall–Kier alpha value is -2.75. The van der Waals surface area contributed by atoms with Crippen LogP contribution in [0.25, 0.3) is 22.1 Å². The molecule has 1 saturated carbocycles. The molecule has 1 fully saturated rings. The van der Waals surface area contributed by atoms with E-state index in [4.69, 9.17) is 0 Å². The van der Waals surface area contributed by atoms with Gasteiger partial charge in [0.15, 0.2) is 5.03 Å². The summed E-state index contributed by atoms with van der Waals surface area (Å²) in [5.41, 5.74) is 1.53. The molecular weight excluding hydrogens is 414 g/mol. The van der Waals surface area contributed by atoms with Crippen molar-refractivity contribution >= 4 is 31.9 Å². The lowest BCUT2D eigenvalue weighted by Crippen LogP contribution is -2.31. The van der Waals surface area contributed by atoms with Crippen LogP contribution in [0, 0.1) is 0 Å². The summed E-state index contributed by atoms with van der Waals surface area (Å²) in [5, 5.41) is 14.2. The maximum atomic E-state index is 13.5. The van der Waals surface area contributed by atoms with E-state index in [1.165, 1.54) is 0 Å². The third kappa shape index (κ3) is 3.24. The highest BCUT2D eigenvalue weighted by Gasteiger charge is 2.31. The van der Waals surface area contributed by atoms with Crippen molar-refractivity contribution in [1.82, 2.24) is 24.8 Å². The summed E-state index contributed by atoms with van der Waals surface area (Å²) in [6.45, 7) is -0.266. The zero-order chi connectivity index (χ0) is 21.6. The highest BCUT2D eigenvalue weighted by atomic mass is 32.2. The van der Waals surface area contributed by atoms with Gasteiger partial charge in [0.2, 0.25) is 9.84 Å². The number of nitrogens with zero attached hydrogens (tertiary/aromatic N) is 3. The molecular formula is C22H25N5O3S. The summed E-state index contributed by atoms with van der Waals surface area (Å²) in [6.07, 6.45) is 5.65. The van der Waals surface area contributed by atoms with Crippen molar-refractivity contribution < 1.29 is 13.5 Å². The maximum absolute atomic E-state index is 13.5. The first-order valence-electron chi connectivity index (χ1n) is 10.5. The van der Waals surface area contributed by atoms with Crippen molar-refractivity contribution in [2.24, 2.45) is 0 Å². The molecule has 31 heavy (non-hydrogen) atoms. The Kier molecular flexibility index (Phi) is 5.04. The number of nitrogens with one attached hydrogen (secondary N) is 2. The van der Waals surface area contributed by atoms with Crippen LogP contribution in [0.2, 0.25) is 0 Å². The molecule has 3 aromatic heterocycles. The van der Waals surface area contributed by atoms with E-state index in [0.717, 1.165) is 36.6 Å².